The molecule has 0 saturated heterocycles. The highest BCUT2D eigenvalue weighted by Gasteiger charge is 2.17. The normalized spacial score (nSPS) is 10.5. The molecule has 144 valence electrons. The van der Waals surface area contributed by atoms with Crippen molar-refractivity contribution in [3.8, 4) is 5.75 Å². The molecule has 3 aromatic rings. The Bertz CT molecular complexity index is 1010. The Morgan fingerprint density at radius 2 is 1.96 bits per heavy atom. The van der Waals surface area contributed by atoms with Gasteiger partial charge < -0.3 is 4.74 Å². The summed E-state index contributed by atoms with van der Waals surface area (Å²) in [6.07, 6.45) is 1.43. The second-order valence-corrected chi connectivity index (χ2v) is 7.19. The molecule has 1 aromatic heterocycles. The van der Waals surface area contributed by atoms with Crippen molar-refractivity contribution in [1.29, 1.82) is 0 Å². The monoisotopic (exact) mass is 418 g/mol. The second-order valence-electron chi connectivity index (χ2n) is 5.72. The van der Waals surface area contributed by atoms with E-state index >= 15 is 0 Å². The molecule has 1 N–H and O–H groups in total. The first-order valence-electron chi connectivity index (χ1n) is 8.17. The summed E-state index contributed by atoms with van der Waals surface area (Å²) in [6, 6.07) is 11.4. The van der Waals surface area contributed by atoms with Crippen LogP contribution in [0.1, 0.15) is 20.9 Å². The van der Waals surface area contributed by atoms with Gasteiger partial charge >= 0.3 is 0 Å². The standard InChI is InChI=1S/C18H15ClN4O4S/c1-27-13-6-2-11(3-7-13)4-9-16-21-22-18(28-16)20-17(24)14-10-12(23(25)26)5-8-15(14)19/h2-3,5-8,10H,4,9H2,1H3,(H,20,22,24). The van der Waals surface area contributed by atoms with Crippen LogP contribution in [-0.4, -0.2) is 28.1 Å². The molecular formula is C18H15ClN4O4S. The number of anilines is 1. The first kappa shape index (κ1) is 19.7. The number of amides is 1. The van der Waals surface area contributed by atoms with E-state index in [-0.39, 0.29) is 16.3 Å². The lowest BCUT2D eigenvalue weighted by molar-refractivity contribution is -0.384. The van der Waals surface area contributed by atoms with Crippen LogP contribution in [0.5, 0.6) is 5.75 Å². The molecule has 10 heteroatoms. The third-order valence-electron chi connectivity index (χ3n) is 3.88. The maximum atomic E-state index is 12.4. The molecule has 0 radical (unpaired) electrons. The smallest absolute Gasteiger partial charge is 0.270 e. The number of nitrogens with zero attached hydrogens (tertiary/aromatic N) is 3. The number of carbonyl (C=O) groups is 1. The number of carbonyl (C=O) groups excluding carboxylic acids is 1. The van der Waals surface area contributed by atoms with Gasteiger partial charge in [-0.1, -0.05) is 35.1 Å². The number of halogens is 1. The van der Waals surface area contributed by atoms with E-state index in [2.05, 4.69) is 15.5 Å². The van der Waals surface area contributed by atoms with Crippen molar-refractivity contribution in [2.75, 3.05) is 12.4 Å². The molecule has 8 nitrogen and oxygen atoms in total. The quantitative estimate of drug-likeness (QED) is 0.456. The number of hydrogen-bond acceptors (Lipinski definition) is 7. The molecule has 0 aliphatic heterocycles. The van der Waals surface area contributed by atoms with E-state index in [4.69, 9.17) is 16.3 Å². The maximum Gasteiger partial charge on any atom is 0.270 e. The van der Waals surface area contributed by atoms with Crippen LogP contribution in [0.4, 0.5) is 10.8 Å². The Morgan fingerprint density at radius 3 is 2.64 bits per heavy atom. The number of benzene rings is 2. The minimum atomic E-state index is -0.588. The minimum Gasteiger partial charge on any atom is -0.497 e. The summed E-state index contributed by atoms with van der Waals surface area (Å²) in [5.41, 5.74) is 0.919. The van der Waals surface area contributed by atoms with Crippen molar-refractivity contribution in [1.82, 2.24) is 10.2 Å². The average Bonchev–Trinajstić information content (AvgIpc) is 3.14. The number of nitrogens with one attached hydrogen (secondary N) is 1. The number of non-ortho nitro benzene ring substituents is 1. The van der Waals surface area contributed by atoms with E-state index in [1.165, 1.54) is 23.5 Å². The van der Waals surface area contributed by atoms with Crippen molar-refractivity contribution in [3.05, 3.63) is 73.7 Å². The molecule has 1 amide bonds. The molecule has 0 aliphatic rings. The van der Waals surface area contributed by atoms with E-state index in [1.54, 1.807) is 7.11 Å². The lowest BCUT2D eigenvalue weighted by Gasteiger charge is -2.03. The number of aryl methyl sites for hydroxylation is 2. The lowest BCUT2D eigenvalue weighted by Crippen LogP contribution is -2.12. The van der Waals surface area contributed by atoms with Crippen molar-refractivity contribution in [3.63, 3.8) is 0 Å². The van der Waals surface area contributed by atoms with E-state index in [0.29, 0.717) is 11.6 Å². The van der Waals surface area contributed by atoms with Crippen LogP contribution in [0.25, 0.3) is 0 Å². The molecule has 1 heterocycles. The Labute approximate surface area is 169 Å². The van der Waals surface area contributed by atoms with Crippen LogP contribution in [0.15, 0.2) is 42.5 Å². The molecule has 28 heavy (non-hydrogen) atoms. The minimum absolute atomic E-state index is 0.00542. The summed E-state index contributed by atoms with van der Waals surface area (Å²) in [5.74, 6) is 0.219. The van der Waals surface area contributed by atoms with Crippen LogP contribution in [0, 0.1) is 10.1 Å². The summed E-state index contributed by atoms with van der Waals surface area (Å²) in [6.45, 7) is 0. The molecule has 0 aliphatic carbocycles. The van der Waals surface area contributed by atoms with Gasteiger partial charge in [0.25, 0.3) is 11.6 Å². The zero-order valence-corrected chi connectivity index (χ0v) is 16.3. The van der Waals surface area contributed by atoms with Crippen LogP contribution >= 0.6 is 22.9 Å². The van der Waals surface area contributed by atoms with Crippen molar-refractivity contribution >= 4 is 39.7 Å². The Hall–Kier alpha value is -3.04. The van der Waals surface area contributed by atoms with Gasteiger partial charge in [-0.2, -0.15) is 0 Å². The van der Waals surface area contributed by atoms with Gasteiger partial charge in [0.05, 0.1) is 22.6 Å². The predicted octanol–water partition coefficient (Wildman–Crippen LogP) is 4.15. The van der Waals surface area contributed by atoms with Crippen molar-refractivity contribution in [2.45, 2.75) is 12.8 Å². The van der Waals surface area contributed by atoms with Crippen molar-refractivity contribution in [2.24, 2.45) is 0 Å². The zero-order chi connectivity index (χ0) is 20.1. The number of hydrogen-bond donors (Lipinski definition) is 1. The van der Waals surface area contributed by atoms with Gasteiger partial charge in [0, 0.05) is 18.6 Å². The third kappa shape index (κ3) is 4.81. The van der Waals surface area contributed by atoms with Crippen LogP contribution in [0.3, 0.4) is 0 Å². The summed E-state index contributed by atoms with van der Waals surface area (Å²) >= 11 is 7.22. The Balaban J connectivity index is 1.63. The number of nitro groups is 1. The largest absolute Gasteiger partial charge is 0.497 e. The molecule has 0 bridgehead atoms. The maximum absolute atomic E-state index is 12.4. The predicted molar refractivity (Wildman–Crippen MR) is 106 cm³/mol. The van der Waals surface area contributed by atoms with Crippen LogP contribution in [-0.2, 0) is 12.8 Å². The summed E-state index contributed by atoms with van der Waals surface area (Å²) < 4.78 is 5.13. The first-order valence-corrected chi connectivity index (χ1v) is 9.36. The van der Waals surface area contributed by atoms with Gasteiger partial charge in [-0.3, -0.25) is 20.2 Å². The van der Waals surface area contributed by atoms with Gasteiger partial charge in [0.15, 0.2) is 0 Å². The van der Waals surface area contributed by atoms with E-state index in [1.807, 2.05) is 24.3 Å². The number of ether oxygens (including phenoxy) is 1. The molecule has 2 aromatic carbocycles. The molecule has 0 fully saturated rings. The highest BCUT2D eigenvalue weighted by molar-refractivity contribution is 7.15. The van der Waals surface area contributed by atoms with E-state index in [9.17, 15) is 14.9 Å². The van der Waals surface area contributed by atoms with Crippen LogP contribution in [0.2, 0.25) is 5.02 Å². The topological polar surface area (TPSA) is 107 Å². The Morgan fingerprint density at radius 1 is 1.21 bits per heavy atom. The molecule has 0 saturated carbocycles. The Kier molecular flexibility index (Phi) is 6.17. The SMILES string of the molecule is COc1ccc(CCc2nnc(NC(=O)c3cc([N+](=O)[O-])ccc3Cl)s2)cc1. The van der Waals surface area contributed by atoms with Gasteiger partial charge in [-0.05, 0) is 30.2 Å². The van der Waals surface area contributed by atoms with E-state index < -0.39 is 10.8 Å². The highest BCUT2D eigenvalue weighted by Crippen LogP contribution is 2.24. The number of rotatable bonds is 7. The van der Waals surface area contributed by atoms with Crippen molar-refractivity contribution < 1.29 is 14.5 Å². The first-order chi connectivity index (χ1) is 13.5. The average molecular weight is 419 g/mol. The molecule has 0 atom stereocenters. The van der Waals surface area contributed by atoms with Gasteiger partial charge in [0.1, 0.15) is 10.8 Å². The summed E-state index contributed by atoms with van der Waals surface area (Å²) in [7, 11) is 1.62. The number of methoxy groups -OCH3 is 1. The second kappa shape index (κ2) is 8.77. The number of aromatic nitrogens is 2. The molecule has 0 spiro atoms. The number of nitro benzene ring substituents is 1. The third-order valence-corrected chi connectivity index (χ3v) is 5.11. The van der Waals surface area contributed by atoms with Crippen LogP contribution < -0.4 is 10.1 Å². The molecular weight excluding hydrogens is 404 g/mol. The summed E-state index contributed by atoms with van der Waals surface area (Å²) in [4.78, 5) is 22.7. The zero-order valence-electron chi connectivity index (χ0n) is 14.7. The molecule has 3 rings (SSSR count). The van der Waals surface area contributed by atoms with Gasteiger partial charge in [0.2, 0.25) is 5.13 Å². The fraction of sp³-hybridized carbons (Fsp3) is 0.167. The van der Waals surface area contributed by atoms with E-state index in [0.717, 1.165) is 28.8 Å². The molecule has 0 unspecified atom stereocenters. The highest BCUT2D eigenvalue weighted by atomic mass is 35.5. The van der Waals surface area contributed by atoms with Gasteiger partial charge in [-0.15, -0.1) is 10.2 Å². The fourth-order valence-corrected chi connectivity index (χ4v) is 3.35. The summed E-state index contributed by atoms with van der Waals surface area (Å²) in [5, 5.41) is 22.7. The fourth-order valence-electron chi connectivity index (χ4n) is 2.41. The van der Waals surface area contributed by atoms with Gasteiger partial charge in [-0.25, -0.2) is 0 Å². The lowest BCUT2D eigenvalue weighted by atomic mass is 10.1.